The summed E-state index contributed by atoms with van der Waals surface area (Å²) in [4.78, 5) is 38.6. The Labute approximate surface area is 184 Å². The highest BCUT2D eigenvalue weighted by atomic mass is 19.1. The summed E-state index contributed by atoms with van der Waals surface area (Å²) in [7, 11) is 1.49. The Morgan fingerprint density at radius 2 is 1.94 bits per heavy atom. The van der Waals surface area contributed by atoms with Gasteiger partial charge in [0, 0.05) is 17.8 Å². The normalized spacial score (nSPS) is 22.2. The number of nitro benzene ring substituents is 1. The fourth-order valence-corrected chi connectivity index (χ4v) is 4.90. The van der Waals surface area contributed by atoms with E-state index in [1.165, 1.54) is 13.2 Å². The molecule has 1 aliphatic heterocycles. The van der Waals surface area contributed by atoms with Gasteiger partial charge < -0.3 is 15.0 Å². The molecule has 168 valence electrons. The summed E-state index contributed by atoms with van der Waals surface area (Å²) in [6.45, 7) is 0. The zero-order valence-electron chi connectivity index (χ0n) is 17.6. The van der Waals surface area contributed by atoms with Crippen LogP contribution < -0.4 is 10.1 Å². The first-order chi connectivity index (χ1) is 15.4. The summed E-state index contributed by atoms with van der Waals surface area (Å²) in [6, 6.07) is 9.32. The maximum absolute atomic E-state index is 13.7. The molecular weight excluding hydrogens is 417 g/mol. The summed E-state index contributed by atoms with van der Waals surface area (Å²) < 4.78 is 19.0. The van der Waals surface area contributed by atoms with Gasteiger partial charge in [0.15, 0.2) is 0 Å². The minimum absolute atomic E-state index is 0.0560. The molecule has 1 N–H and O–H groups in total. The number of ether oxygens (including phenoxy) is 1. The van der Waals surface area contributed by atoms with Gasteiger partial charge in [0.2, 0.25) is 11.7 Å². The number of nitrogens with zero attached hydrogens (tertiary/aromatic N) is 2. The number of amides is 2. The topological polar surface area (TPSA) is 102 Å². The number of fused-ring (bicyclic) bond motifs is 1. The third-order valence-electron chi connectivity index (χ3n) is 6.37. The fraction of sp³-hybridized carbons (Fsp3) is 0.391. The van der Waals surface area contributed by atoms with E-state index in [0.29, 0.717) is 17.7 Å². The van der Waals surface area contributed by atoms with E-state index in [4.69, 9.17) is 4.74 Å². The first-order valence-corrected chi connectivity index (χ1v) is 10.6. The van der Waals surface area contributed by atoms with Gasteiger partial charge in [-0.15, -0.1) is 0 Å². The Kier molecular flexibility index (Phi) is 6.07. The van der Waals surface area contributed by atoms with Crippen molar-refractivity contribution in [2.75, 3.05) is 12.4 Å². The van der Waals surface area contributed by atoms with Gasteiger partial charge in [-0.1, -0.05) is 25.0 Å². The molecule has 1 saturated heterocycles. The number of nitro groups is 1. The molecule has 0 bridgehead atoms. The van der Waals surface area contributed by atoms with Crippen LogP contribution in [0.1, 0.15) is 42.5 Å². The van der Waals surface area contributed by atoms with Gasteiger partial charge in [-0.05, 0) is 49.4 Å². The average molecular weight is 441 g/mol. The largest absolute Gasteiger partial charge is 0.496 e. The Hall–Kier alpha value is -3.49. The van der Waals surface area contributed by atoms with Crippen LogP contribution in [0.25, 0.3) is 0 Å². The van der Waals surface area contributed by atoms with E-state index in [2.05, 4.69) is 5.32 Å². The zero-order valence-corrected chi connectivity index (χ0v) is 17.6. The lowest BCUT2D eigenvalue weighted by Gasteiger charge is -2.34. The maximum Gasteiger partial charge on any atom is 0.306 e. The first kappa shape index (κ1) is 21.7. The molecule has 32 heavy (non-hydrogen) atoms. The Morgan fingerprint density at radius 1 is 1.19 bits per heavy atom. The van der Waals surface area contributed by atoms with Crippen LogP contribution in [0.3, 0.4) is 0 Å². The molecule has 3 unspecified atom stereocenters. The minimum Gasteiger partial charge on any atom is -0.496 e. The molecule has 0 radical (unpaired) electrons. The number of hydrogen-bond donors (Lipinski definition) is 1. The van der Waals surface area contributed by atoms with Crippen molar-refractivity contribution in [3.05, 3.63) is 64.0 Å². The van der Waals surface area contributed by atoms with Gasteiger partial charge in [0.05, 0.1) is 17.6 Å². The summed E-state index contributed by atoms with van der Waals surface area (Å²) in [5.74, 6) is -1.05. The van der Waals surface area contributed by atoms with Crippen molar-refractivity contribution in [3.63, 3.8) is 0 Å². The number of anilines is 1. The van der Waals surface area contributed by atoms with E-state index in [-0.39, 0.29) is 23.6 Å². The second kappa shape index (κ2) is 8.94. The van der Waals surface area contributed by atoms with Gasteiger partial charge in [0.25, 0.3) is 5.91 Å². The molecule has 8 nitrogen and oxygen atoms in total. The molecule has 1 saturated carbocycles. The molecule has 9 heteroatoms. The molecule has 0 aromatic heterocycles. The number of hydrogen-bond acceptors (Lipinski definition) is 5. The number of methoxy groups -OCH3 is 1. The lowest BCUT2D eigenvalue weighted by Crippen LogP contribution is -2.48. The van der Waals surface area contributed by atoms with Crippen LogP contribution in [0.2, 0.25) is 0 Å². The summed E-state index contributed by atoms with van der Waals surface area (Å²) in [5.41, 5.74) is -0.219. The Bertz CT molecular complexity index is 1060. The van der Waals surface area contributed by atoms with Crippen molar-refractivity contribution >= 4 is 23.2 Å². The fourth-order valence-electron chi connectivity index (χ4n) is 4.90. The summed E-state index contributed by atoms with van der Waals surface area (Å²) in [6.07, 6.45) is 4.30. The van der Waals surface area contributed by atoms with Crippen molar-refractivity contribution in [2.24, 2.45) is 5.92 Å². The molecule has 2 aliphatic rings. The van der Waals surface area contributed by atoms with Crippen LogP contribution in [-0.2, 0) is 4.79 Å². The van der Waals surface area contributed by atoms with Gasteiger partial charge in [-0.3, -0.25) is 19.7 Å². The number of carbonyl (C=O) groups excluding carboxylic acids is 2. The zero-order chi connectivity index (χ0) is 22.8. The third kappa shape index (κ3) is 4.02. The number of carbonyl (C=O) groups is 2. The molecule has 2 amide bonds. The quantitative estimate of drug-likeness (QED) is 0.555. The van der Waals surface area contributed by atoms with E-state index < -0.39 is 28.4 Å². The number of likely N-dealkylation sites (tertiary alicyclic amines) is 1. The van der Waals surface area contributed by atoms with Crippen molar-refractivity contribution in [1.29, 1.82) is 0 Å². The predicted molar refractivity (Wildman–Crippen MR) is 115 cm³/mol. The molecule has 2 fully saturated rings. The lowest BCUT2D eigenvalue weighted by molar-refractivity contribution is -0.387. The van der Waals surface area contributed by atoms with E-state index in [1.807, 2.05) is 0 Å². The SMILES string of the molecule is COc1ccccc1C(=O)N1C(C(=O)Nc2ccc(F)c([N+](=O)[O-])c2)CC2CCCCC21. The predicted octanol–water partition coefficient (Wildman–Crippen LogP) is 4.15. The van der Waals surface area contributed by atoms with E-state index in [9.17, 15) is 24.1 Å². The van der Waals surface area contributed by atoms with E-state index in [1.54, 1.807) is 29.2 Å². The minimum atomic E-state index is -0.979. The summed E-state index contributed by atoms with van der Waals surface area (Å²) >= 11 is 0. The van der Waals surface area contributed by atoms with Gasteiger partial charge in [-0.25, -0.2) is 0 Å². The molecule has 2 aromatic carbocycles. The third-order valence-corrected chi connectivity index (χ3v) is 6.37. The lowest BCUT2D eigenvalue weighted by atomic mass is 9.84. The number of para-hydroxylation sites is 1. The average Bonchev–Trinajstić information content (AvgIpc) is 3.19. The van der Waals surface area contributed by atoms with Crippen molar-refractivity contribution in [3.8, 4) is 5.75 Å². The van der Waals surface area contributed by atoms with Crippen LogP contribution in [0.4, 0.5) is 15.8 Å². The standard InChI is InChI=1S/C23H24FN3O5/c1-32-21-9-5-3-7-16(21)23(29)26-18-8-4-2-6-14(18)12-20(26)22(28)25-15-10-11-17(24)19(13-15)27(30)31/h3,5,7,9-11,13-14,18,20H,2,4,6,8,12H2,1H3,(H,25,28). The monoisotopic (exact) mass is 441 g/mol. The number of benzene rings is 2. The highest BCUT2D eigenvalue weighted by Gasteiger charge is 2.48. The molecule has 1 aliphatic carbocycles. The maximum atomic E-state index is 13.7. The molecule has 2 aromatic rings. The van der Waals surface area contributed by atoms with Crippen molar-refractivity contribution in [2.45, 2.75) is 44.2 Å². The number of halogens is 1. The van der Waals surface area contributed by atoms with Crippen LogP contribution in [0, 0.1) is 21.8 Å². The molecule has 4 rings (SSSR count). The van der Waals surface area contributed by atoms with Crippen molar-refractivity contribution in [1.82, 2.24) is 4.90 Å². The molecule has 3 atom stereocenters. The van der Waals surface area contributed by atoms with Crippen LogP contribution in [-0.4, -0.2) is 40.8 Å². The molecular formula is C23H24FN3O5. The Morgan fingerprint density at radius 3 is 2.69 bits per heavy atom. The van der Waals surface area contributed by atoms with Crippen LogP contribution in [0.5, 0.6) is 5.75 Å². The number of nitrogens with one attached hydrogen (secondary N) is 1. The van der Waals surface area contributed by atoms with Gasteiger partial charge >= 0.3 is 5.69 Å². The summed E-state index contributed by atoms with van der Waals surface area (Å²) in [5, 5.41) is 13.7. The van der Waals surface area contributed by atoms with E-state index in [0.717, 1.165) is 37.8 Å². The smallest absolute Gasteiger partial charge is 0.306 e. The second-order valence-corrected chi connectivity index (χ2v) is 8.19. The number of rotatable bonds is 5. The van der Waals surface area contributed by atoms with E-state index >= 15 is 0 Å². The highest BCUT2D eigenvalue weighted by Crippen LogP contribution is 2.41. The van der Waals surface area contributed by atoms with Crippen molar-refractivity contribution < 1.29 is 23.6 Å². The van der Waals surface area contributed by atoms with Crippen LogP contribution >= 0.6 is 0 Å². The van der Waals surface area contributed by atoms with Gasteiger partial charge in [-0.2, -0.15) is 4.39 Å². The Balaban J connectivity index is 1.63. The molecule has 1 heterocycles. The van der Waals surface area contributed by atoms with Crippen LogP contribution in [0.15, 0.2) is 42.5 Å². The highest BCUT2D eigenvalue weighted by molar-refractivity contribution is 6.03. The van der Waals surface area contributed by atoms with Gasteiger partial charge in [0.1, 0.15) is 11.8 Å². The second-order valence-electron chi connectivity index (χ2n) is 8.19. The first-order valence-electron chi connectivity index (χ1n) is 10.6. The molecule has 0 spiro atoms.